The van der Waals surface area contributed by atoms with Crippen LogP contribution in [0.25, 0.3) is 0 Å². The SMILES string of the molecule is CC(C)=CCC[C@](C)(O)[C@H]1CC[C@]2(C)[C@H]1[C@H](O)C[C@H]1[C@]3(C)CC[C@@H](O)C(C)(C)[C@@H]3[C@@H](O)C[C@@]12C. The smallest absolute Gasteiger partial charge is 0.0654 e. The Bertz CT molecular complexity index is 813. The minimum atomic E-state index is -0.810. The highest BCUT2D eigenvalue weighted by atomic mass is 16.3. The Morgan fingerprint density at radius 1 is 0.941 bits per heavy atom. The highest BCUT2D eigenvalue weighted by Crippen LogP contribution is 2.75. The zero-order valence-electron chi connectivity index (χ0n) is 23.1. The quantitative estimate of drug-likeness (QED) is 0.406. The Balaban J connectivity index is 1.70. The molecule has 0 amide bonds. The van der Waals surface area contributed by atoms with E-state index in [4.69, 9.17) is 0 Å². The summed E-state index contributed by atoms with van der Waals surface area (Å²) in [6.45, 7) is 17.5. The fourth-order valence-corrected chi connectivity index (χ4v) is 10.5. The maximum atomic E-state index is 11.8. The standard InChI is InChI=1S/C30H52O4/c1-18(2)10-9-13-30(8,34)19-11-15-28(6)24(19)20(31)16-22-27(5)14-12-23(33)26(3,4)25(27)21(32)17-29(22,28)7/h10,19-25,31-34H,9,11-17H2,1-8H3/t19-,20+,21-,22-,23+,24+,25-,27-,28+,29-,30-/m0/s1. The van der Waals surface area contributed by atoms with Gasteiger partial charge in [0.15, 0.2) is 0 Å². The van der Waals surface area contributed by atoms with Crippen molar-refractivity contribution in [3.05, 3.63) is 11.6 Å². The van der Waals surface area contributed by atoms with Crippen molar-refractivity contribution in [2.24, 2.45) is 45.3 Å². The summed E-state index contributed by atoms with van der Waals surface area (Å²) in [5.41, 5.74) is -0.230. The molecule has 0 aromatic carbocycles. The number of hydrogen-bond donors (Lipinski definition) is 4. The number of allylic oxidation sites excluding steroid dienone is 2. The number of aliphatic hydroxyl groups excluding tert-OH is 3. The predicted octanol–water partition coefficient (Wildman–Crippen LogP) is 5.47. The van der Waals surface area contributed by atoms with Crippen molar-refractivity contribution >= 4 is 0 Å². The molecule has 0 saturated heterocycles. The summed E-state index contributed by atoms with van der Waals surface area (Å²) < 4.78 is 0. The van der Waals surface area contributed by atoms with Crippen LogP contribution in [0.1, 0.15) is 107 Å². The Morgan fingerprint density at radius 3 is 2.21 bits per heavy atom. The van der Waals surface area contributed by atoms with Crippen LogP contribution in [0.5, 0.6) is 0 Å². The van der Waals surface area contributed by atoms with E-state index in [1.165, 1.54) is 5.57 Å². The van der Waals surface area contributed by atoms with Crippen molar-refractivity contribution in [3.8, 4) is 0 Å². The van der Waals surface area contributed by atoms with Crippen LogP contribution in [-0.2, 0) is 0 Å². The van der Waals surface area contributed by atoms with Gasteiger partial charge in [0, 0.05) is 0 Å². The van der Waals surface area contributed by atoms with Crippen LogP contribution in [0.3, 0.4) is 0 Å². The summed E-state index contributed by atoms with van der Waals surface area (Å²) >= 11 is 0. The molecule has 0 aromatic heterocycles. The molecule has 4 rings (SSSR count). The summed E-state index contributed by atoms with van der Waals surface area (Å²) in [6.07, 6.45) is 7.54. The van der Waals surface area contributed by atoms with Crippen molar-refractivity contribution in [3.63, 3.8) is 0 Å². The van der Waals surface area contributed by atoms with Crippen molar-refractivity contribution in [2.75, 3.05) is 0 Å². The van der Waals surface area contributed by atoms with Gasteiger partial charge < -0.3 is 20.4 Å². The van der Waals surface area contributed by atoms with E-state index in [0.29, 0.717) is 5.92 Å². The van der Waals surface area contributed by atoms with Crippen LogP contribution in [0.4, 0.5) is 0 Å². The lowest BCUT2D eigenvalue weighted by atomic mass is 9.34. The van der Waals surface area contributed by atoms with Gasteiger partial charge in [-0.3, -0.25) is 0 Å². The monoisotopic (exact) mass is 476 g/mol. The van der Waals surface area contributed by atoms with Crippen LogP contribution >= 0.6 is 0 Å². The molecule has 0 heterocycles. The highest BCUT2D eigenvalue weighted by Gasteiger charge is 2.72. The van der Waals surface area contributed by atoms with Crippen molar-refractivity contribution in [1.29, 1.82) is 0 Å². The third-order valence-corrected chi connectivity index (χ3v) is 12.3. The number of fused-ring (bicyclic) bond motifs is 5. The second kappa shape index (κ2) is 8.30. The fraction of sp³-hybridized carbons (Fsp3) is 0.933. The highest BCUT2D eigenvalue weighted by molar-refractivity contribution is 5.21. The molecule has 0 aromatic rings. The first-order valence-electron chi connectivity index (χ1n) is 13.9. The van der Waals surface area contributed by atoms with Gasteiger partial charge in [-0.25, -0.2) is 0 Å². The van der Waals surface area contributed by atoms with Gasteiger partial charge in [0.25, 0.3) is 0 Å². The van der Waals surface area contributed by atoms with E-state index in [2.05, 4.69) is 54.5 Å². The van der Waals surface area contributed by atoms with Crippen LogP contribution < -0.4 is 0 Å². The second-order valence-corrected chi connectivity index (χ2v) is 14.7. The third kappa shape index (κ3) is 3.60. The van der Waals surface area contributed by atoms with Gasteiger partial charge in [0.05, 0.1) is 23.9 Å². The summed E-state index contributed by atoms with van der Waals surface area (Å²) in [4.78, 5) is 0. The molecule has 4 aliphatic rings. The second-order valence-electron chi connectivity index (χ2n) is 14.7. The van der Waals surface area contributed by atoms with E-state index >= 15 is 0 Å². The molecule has 0 radical (unpaired) electrons. The zero-order chi connectivity index (χ0) is 25.5. The molecule has 4 fully saturated rings. The van der Waals surface area contributed by atoms with Gasteiger partial charge in [-0.05, 0) is 117 Å². The lowest BCUT2D eigenvalue weighted by Crippen LogP contribution is -2.69. The molecule has 0 aliphatic heterocycles. The lowest BCUT2D eigenvalue weighted by Gasteiger charge is -2.71. The Labute approximate surface area is 208 Å². The minimum Gasteiger partial charge on any atom is -0.393 e. The maximum absolute atomic E-state index is 11.8. The average Bonchev–Trinajstić information content (AvgIpc) is 3.07. The molecule has 4 aliphatic carbocycles. The Hall–Kier alpha value is -0.420. The van der Waals surface area contributed by atoms with Crippen LogP contribution in [0.15, 0.2) is 11.6 Å². The molecule has 11 atom stereocenters. The molecule has 34 heavy (non-hydrogen) atoms. The number of rotatable bonds is 4. The molecule has 0 bridgehead atoms. The molecule has 4 nitrogen and oxygen atoms in total. The first kappa shape index (κ1) is 26.6. The first-order valence-corrected chi connectivity index (χ1v) is 13.9. The van der Waals surface area contributed by atoms with Crippen LogP contribution in [-0.4, -0.2) is 44.3 Å². The van der Waals surface area contributed by atoms with E-state index in [1.54, 1.807) is 0 Å². The summed E-state index contributed by atoms with van der Waals surface area (Å²) in [5.74, 6) is 0.442. The van der Waals surface area contributed by atoms with E-state index in [-0.39, 0.29) is 39.4 Å². The molecular weight excluding hydrogens is 424 g/mol. The maximum Gasteiger partial charge on any atom is 0.0654 e. The molecule has 4 saturated carbocycles. The molecule has 0 spiro atoms. The molecule has 0 unspecified atom stereocenters. The molecular formula is C30H52O4. The topological polar surface area (TPSA) is 80.9 Å². The minimum absolute atomic E-state index is 0.0264. The molecule has 4 heteroatoms. The van der Waals surface area contributed by atoms with Gasteiger partial charge in [0.1, 0.15) is 0 Å². The predicted molar refractivity (Wildman–Crippen MR) is 137 cm³/mol. The van der Waals surface area contributed by atoms with E-state index in [1.807, 2.05) is 6.92 Å². The lowest BCUT2D eigenvalue weighted by molar-refractivity contribution is -0.274. The Kier molecular flexibility index (Phi) is 6.50. The van der Waals surface area contributed by atoms with Crippen LogP contribution in [0, 0.1) is 45.3 Å². The average molecular weight is 477 g/mol. The van der Waals surface area contributed by atoms with Gasteiger partial charge in [-0.15, -0.1) is 0 Å². The van der Waals surface area contributed by atoms with Gasteiger partial charge >= 0.3 is 0 Å². The van der Waals surface area contributed by atoms with Crippen molar-refractivity contribution in [2.45, 2.75) is 131 Å². The number of aliphatic hydroxyl groups is 4. The van der Waals surface area contributed by atoms with Gasteiger partial charge in [-0.2, -0.15) is 0 Å². The summed E-state index contributed by atoms with van der Waals surface area (Å²) in [7, 11) is 0. The fourth-order valence-electron chi connectivity index (χ4n) is 10.5. The van der Waals surface area contributed by atoms with Gasteiger partial charge in [-0.1, -0.05) is 46.3 Å². The zero-order valence-corrected chi connectivity index (χ0v) is 23.1. The first-order chi connectivity index (χ1) is 15.5. The van der Waals surface area contributed by atoms with E-state index in [9.17, 15) is 20.4 Å². The van der Waals surface area contributed by atoms with Gasteiger partial charge in [0.2, 0.25) is 0 Å². The summed E-state index contributed by atoms with van der Waals surface area (Å²) in [5, 5.41) is 46.0. The Morgan fingerprint density at radius 2 is 1.59 bits per heavy atom. The third-order valence-electron chi connectivity index (χ3n) is 12.3. The number of hydrogen-bond acceptors (Lipinski definition) is 4. The van der Waals surface area contributed by atoms with Crippen molar-refractivity contribution in [1.82, 2.24) is 0 Å². The largest absolute Gasteiger partial charge is 0.393 e. The van der Waals surface area contributed by atoms with Crippen LogP contribution in [0.2, 0.25) is 0 Å². The summed E-state index contributed by atoms with van der Waals surface area (Å²) in [6, 6.07) is 0. The molecule has 196 valence electrons. The van der Waals surface area contributed by atoms with E-state index in [0.717, 1.165) is 51.4 Å². The normalized spacial score (nSPS) is 51.6. The van der Waals surface area contributed by atoms with E-state index < -0.39 is 23.9 Å². The molecule has 4 N–H and O–H groups in total. The van der Waals surface area contributed by atoms with Crippen molar-refractivity contribution < 1.29 is 20.4 Å².